The number of benzene rings is 1. The summed E-state index contributed by atoms with van der Waals surface area (Å²) < 4.78 is 0. The van der Waals surface area contributed by atoms with Gasteiger partial charge in [-0.1, -0.05) is 23.7 Å². The Balaban J connectivity index is 2.16. The zero-order chi connectivity index (χ0) is 13.2. The molecule has 2 aromatic rings. The highest BCUT2D eigenvalue weighted by atomic mass is 35.5. The molecular weight excluding hydrogens is 248 g/mol. The summed E-state index contributed by atoms with van der Waals surface area (Å²) in [6.07, 6.45) is 1.73. The standard InChI is InChI=1S/C14H15ClN2O/c1-14(2,10-5-7-11(15)8-6-10)17-13(18)12-4-3-9-16-12/h3-9,16H,1-2H3,(H,17,18). The second-order valence-corrected chi connectivity index (χ2v) is 5.11. The monoisotopic (exact) mass is 262 g/mol. The van der Waals surface area contributed by atoms with E-state index < -0.39 is 5.54 Å². The van der Waals surface area contributed by atoms with E-state index in [9.17, 15) is 4.79 Å². The first-order chi connectivity index (χ1) is 8.49. The van der Waals surface area contributed by atoms with E-state index in [-0.39, 0.29) is 5.91 Å². The third-order valence-electron chi connectivity index (χ3n) is 2.83. The molecule has 0 aliphatic rings. The number of hydrogen-bond donors (Lipinski definition) is 2. The minimum absolute atomic E-state index is 0.125. The quantitative estimate of drug-likeness (QED) is 0.876. The van der Waals surface area contributed by atoms with Crippen LogP contribution in [0.15, 0.2) is 42.6 Å². The van der Waals surface area contributed by atoms with Crippen molar-refractivity contribution < 1.29 is 4.79 Å². The SMILES string of the molecule is CC(C)(NC(=O)c1ccc[nH]1)c1ccc(Cl)cc1. The van der Waals surface area contributed by atoms with Crippen LogP contribution >= 0.6 is 11.6 Å². The van der Waals surface area contributed by atoms with Crippen molar-refractivity contribution in [2.24, 2.45) is 0 Å². The molecule has 0 saturated heterocycles. The summed E-state index contributed by atoms with van der Waals surface area (Å²) in [4.78, 5) is 14.9. The van der Waals surface area contributed by atoms with E-state index >= 15 is 0 Å². The molecule has 18 heavy (non-hydrogen) atoms. The van der Waals surface area contributed by atoms with Crippen molar-refractivity contribution in [1.82, 2.24) is 10.3 Å². The van der Waals surface area contributed by atoms with Crippen molar-refractivity contribution in [3.8, 4) is 0 Å². The average Bonchev–Trinajstić information content (AvgIpc) is 2.82. The Bertz CT molecular complexity index is 529. The molecule has 2 rings (SSSR count). The number of aromatic amines is 1. The van der Waals surface area contributed by atoms with Crippen LogP contribution in [0.25, 0.3) is 0 Å². The number of hydrogen-bond acceptors (Lipinski definition) is 1. The van der Waals surface area contributed by atoms with Crippen molar-refractivity contribution in [3.63, 3.8) is 0 Å². The third-order valence-corrected chi connectivity index (χ3v) is 3.09. The summed E-state index contributed by atoms with van der Waals surface area (Å²) in [6, 6.07) is 11.0. The largest absolute Gasteiger partial charge is 0.357 e. The Morgan fingerprint density at radius 1 is 1.22 bits per heavy atom. The summed E-state index contributed by atoms with van der Waals surface area (Å²) in [7, 11) is 0. The molecule has 0 unspecified atom stereocenters. The molecule has 0 bridgehead atoms. The van der Waals surface area contributed by atoms with Gasteiger partial charge in [-0.25, -0.2) is 0 Å². The lowest BCUT2D eigenvalue weighted by Crippen LogP contribution is -2.41. The number of aromatic nitrogens is 1. The van der Waals surface area contributed by atoms with Crippen LogP contribution in [0.4, 0.5) is 0 Å². The maximum atomic E-state index is 12.0. The van der Waals surface area contributed by atoms with Crippen LogP contribution in [0.5, 0.6) is 0 Å². The zero-order valence-electron chi connectivity index (χ0n) is 10.3. The second-order valence-electron chi connectivity index (χ2n) is 4.67. The predicted octanol–water partition coefficient (Wildman–Crippen LogP) is 3.33. The molecule has 0 atom stereocenters. The lowest BCUT2D eigenvalue weighted by atomic mass is 9.94. The van der Waals surface area contributed by atoms with Gasteiger partial charge in [0, 0.05) is 11.2 Å². The highest BCUT2D eigenvalue weighted by Crippen LogP contribution is 2.22. The normalized spacial score (nSPS) is 11.3. The van der Waals surface area contributed by atoms with Gasteiger partial charge in [-0.2, -0.15) is 0 Å². The summed E-state index contributed by atoms with van der Waals surface area (Å²) in [5, 5.41) is 3.67. The molecule has 2 N–H and O–H groups in total. The minimum atomic E-state index is -0.452. The van der Waals surface area contributed by atoms with E-state index in [0.717, 1.165) is 5.56 Å². The molecule has 94 valence electrons. The molecule has 0 radical (unpaired) electrons. The van der Waals surface area contributed by atoms with Gasteiger partial charge < -0.3 is 10.3 Å². The lowest BCUT2D eigenvalue weighted by Gasteiger charge is -2.26. The number of carbonyl (C=O) groups excluding carboxylic acids is 1. The topological polar surface area (TPSA) is 44.9 Å². The fourth-order valence-electron chi connectivity index (χ4n) is 1.76. The highest BCUT2D eigenvalue weighted by Gasteiger charge is 2.23. The smallest absolute Gasteiger partial charge is 0.268 e. The fourth-order valence-corrected chi connectivity index (χ4v) is 1.89. The van der Waals surface area contributed by atoms with Crippen molar-refractivity contribution >= 4 is 17.5 Å². The summed E-state index contributed by atoms with van der Waals surface area (Å²) in [5.74, 6) is -0.125. The van der Waals surface area contributed by atoms with Crippen molar-refractivity contribution in [1.29, 1.82) is 0 Å². The van der Waals surface area contributed by atoms with Crippen molar-refractivity contribution in [2.45, 2.75) is 19.4 Å². The maximum Gasteiger partial charge on any atom is 0.268 e. The van der Waals surface area contributed by atoms with Gasteiger partial charge in [0.2, 0.25) is 0 Å². The molecule has 0 saturated carbocycles. The van der Waals surface area contributed by atoms with Crippen LogP contribution in [0.1, 0.15) is 29.9 Å². The van der Waals surface area contributed by atoms with E-state index in [1.807, 2.05) is 38.1 Å². The van der Waals surface area contributed by atoms with Crippen LogP contribution in [0, 0.1) is 0 Å². The predicted molar refractivity (Wildman–Crippen MR) is 72.7 cm³/mol. The molecule has 3 nitrogen and oxygen atoms in total. The fraction of sp³-hybridized carbons (Fsp3) is 0.214. The highest BCUT2D eigenvalue weighted by molar-refractivity contribution is 6.30. The third kappa shape index (κ3) is 2.74. The van der Waals surface area contributed by atoms with Gasteiger partial charge in [0.15, 0.2) is 0 Å². The maximum absolute atomic E-state index is 12.0. The molecule has 0 spiro atoms. The Kier molecular flexibility index (Phi) is 3.43. The van der Waals surface area contributed by atoms with Crippen LogP contribution in [-0.4, -0.2) is 10.9 Å². The Labute approximate surface area is 111 Å². The number of carbonyl (C=O) groups is 1. The van der Waals surface area contributed by atoms with E-state index in [2.05, 4.69) is 10.3 Å². The summed E-state index contributed by atoms with van der Waals surface area (Å²) in [6.45, 7) is 3.91. The number of amides is 1. The Morgan fingerprint density at radius 3 is 2.44 bits per heavy atom. The minimum Gasteiger partial charge on any atom is -0.357 e. The van der Waals surface area contributed by atoms with Crippen molar-refractivity contribution in [3.05, 3.63) is 58.9 Å². The summed E-state index contributed by atoms with van der Waals surface area (Å²) >= 11 is 5.86. The Hall–Kier alpha value is -1.74. The van der Waals surface area contributed by atoms with Gasteiger partial charge in [0.1, 0.15) is 5.69 Å². The van der Waals surface area contributed by atoms with Crippen molar-refractivity contribution in [2.75, 3.05) is 0 Å². The molecular formula is C14H15ClN2O. The van der Waals surface area contributed by atoms with E-state index in [1.165, 1.54) is 0 Å². The van der Waals surface area contributed by atoms with Gasteiger partial charge in [-0.3, -0.25) is 4.79 Å². The molecule has 0 aliphatic heterocycles. The number of nitrogens with one attached hydrogen (secondary N) is 2. The van der Waals surface area contributed by atoms with Gasteiger partial charge in [-0.15, -0.1) is 0 Å². The average molecular weight is 263 g/mol. The Morgan fingerprint density at radius 2 is 1.89 bits per heavy atom. The molecule has 1 heterocycles. The first-order valence-electron chi connectivity index (χ1n) is 5.71. The van der Waals surface area contributed by atoms with Gasteiger partial charge in [-0.05, 0) is 43.7 Å². The van der Waals surface area contributed by atoms with Gasteiger partial charge in [0.25, 0.3) is 5.91 Å². The van der Waals surface area contributed by atoms with E-state index in [0.29, 0.717) is 10.7 Å². The van der Waals surface area contributed by atoms with Crippen LogP contribution in [0.3, 0.4) is 0 Å². The van der Waals surface area contributed by atoms with Gasteiger partial charge in [0.05, 0.1) is 5.54 Å². The lowest BCUT2D eigenvalue weighted by molar-refractivity contribution is 0.0907. The summed E-state index contributed by atoms with van der Waals surface area (Å²) in [5.41, 5.74) is 1.11. The number of halogens is 1. The molecule has 1 amide bonds. The van der Waals surface area contributed by atoms with Crippen LogP contribution < -0.4 is 5.32 Å². The molecule has 0 fully saturated rings. The molecule has 1 aromatic heterocycles. The molecule has 0 aliphatic carbocycles. The molecule has 4 heteroatoms. The first-order valence-corrected chi connectivity index (χ1v) is 6.09. The van der Waals surface area contributed by atoms with Crippen LogP contribution in [0.2, 0.25) is 5.02 Å². The van der Waals surface area contributed by atoms with E-state index in [4.69, 9.17) is 11.6 Å². The zero-order valence-corrected chi connectivity index (χ0v) is 11.1. The second kappa shape index (κ2) is 4.86. The first kappa shape index (κ1) is 12.7. The number of H-pyrrole nitrogens is 1. The molecule has 1 aromatic carbocycles. The number of rotatable bonds is 3. The van der Waals surface area contributed by atoms with Crippen LogP contribution in [-0.2, 0) is 5.54 Å². The van der Waals surface area contributed by atoms with E-state index in [1.54, 1.807) is 18.3 Å². The van der Waals surface area contributed by atoms with Gasteiger partial charge >= 0.3 is 0 Å².